The van der Waals surface area contributed by atoms with Gasteiger partial charge in [0.25, 0.3) is 0 Å². The highest BCUT2D eigenvalue weighted by atomic mass is 16.5. The highest BCUT2D eigenvalue weighted by molar-refractivity contribution is 5.93. The van der Waals surface area contributed by atoms with E-state index in [-0.39, 0.29) is 0 Å². The maximum atomic E-state index is 11.9. The molecule has 112 valence electrons. The summed E-state index contributed by atoms with van der Waals surface area (Å²) in [6.45, 7) is 5.19. The summed E-state index contributed by atoms with van der Waals surface area (Å²) in [4.78, 5) is 11.9. The monoisotopic (exact) mass is 289 g/mol. The molecule has 0 atom stereocenters. The van der Waals surface area contributed by atoms with E-state index in [0.29, 0.717) is 30.2 Å². The fraction of sp³-hybridized carbons (Fsp3) is 0.333. The van der Waals surface area contributed by atoms with Crippen LogP contribution in [0.4, 0.5) is 5.69 Å². The number of rotatable bonds is 6. The normalized spacial score (nSPS) is 10.4. The Morgan fingerprint density at radius 2 is 2.19 bits per heavy atom. The molecule has 2 rings (SSSR count). The van der Waals surface area contributed by atoms with Crippen LogP contribution in [0.3, 0.4) is 0 Å². The van der Waals surface area contributed by atoms with Gasteiger partial charge in [-0.15, -0.1) is 0 Å². The van der Waals surface area contributed by atoms with Crippen molar-refractivity contribution in [3.63, 3.8) is 0 Å². The van der Waals surface area contributed by atoms with Gasteiger partial charge in [0.15, 0.2) is 0 Å². The van der Waals surface area contributed by atoms with E-state index in [1.54, 1.807) is 31.3 Å². The molecule has 0 fully saturated rings. The van der Waals surface area contributed by atoms with Crippen molar-refractivity contribution in [3.05, 3.63) is 41.7 Å². The zero-order chi connectivity index (χ0) is 15.2. The third kappa shape index (κ3) is 3.75. The molecule has 0 aliphatic heterocycles. The molecular formula is C15H19N3O3. The molecule has 0 spiro atoms. The van der Waals surface area contributed by atoms with Gasteiger partial charge in [-0.25, -0.2) is 4.79 Å². The van der Waals surface area contributed by atoms with Crippen molar-refractivity contribution in [3.8, 4) is 5.75 Å². The highest BCUT2D eigenvalue weighted by Crippen LogP contribution is 2.23. The predicted octanol–water partition coefficient (Wildman–Crippen LogP) is 2.24. The van der Waals surface area contributed by atoms with Crippen molar-refractivity contribution < 1.29 is 14.3 Å². The van der Waals surface area contributed by atoms with Crippen molar-refractivity contribution >= 4 is 11.7 Å². The van der Waals surface area contributed by atoms with Crippen LogP contribution < -0.4 is 10.5 Å². The second-order valence-electron chi connectivity index (χ2n) is 4.47. The first-order valence-corrected chi connectivity index (χ1v) is 6.84. The Morgan fingerprint density at radius 3 is 2.86 bits per heavy atom. The van der Waals surface area contributed by atoms with Gasteiger partial charge in [-0.3, -0.25) is 4.68 Å². The highest BCUT2D eigenvalue weighted by Gasteiger charge is 2.14. The third-order valence-corrected chi connectivity index (χ3v) is 2.91. The van der Waals surface area contributed by atoms with Gasteiger partial charge < -0.3 is 15.2 Å². The van der Waals surface area contributed by atoms with Gasteiger partial charge >= 0.3 is 5.97 Å². The first-order valence-electron chi connectivity index (χ1n) is 6.84. The molecule has 0 aliphatic rings. The van der Waals surface area contributed by atoms with Crippen LogP contribution in [0.5, 0.6) is 5.75 Å². The molecule has 6 heteroatoms. The Bertz CT molecular complexity index is 622. The fourth-order valence-corrected chi connectivity index (χ4v) is 1.85. The van der Waals surface area contributed by atoms with Crippen LogP contribution in [-0.4, -0.2) is 22.4 Å². The maximum Gasteiger partial charge on any atom is 0.341 e. The number of esters is 1. The number of nitrogens with two attached hydrogens (primary N) is 1. The zero-order valence-corrected chi connectivity index (χ0v) is 12.2. The smallest absolute Gasteiger partial charge is 0.341 e. The van der Waals surface area contributed by atoms with Gasteiger partial charge in [0, 0.05) is 30.1 Å². The second-order valence-corrected chi connectivity index (χ2v) is 4.47. The number of carbonyl (C=O) groups is 1. The van der Waals surface area contributed by atoms with Crippen LogP contribution >= 0.6 is 0 Å². The van der Waals surface area contributed by atoms with Crippen LogP contribution in [0.25, 0.3) is 0 Å². The molecule has 6 nitrogen and oxygen atoms in total. The lowest BCUT2D eigenvalue weighted by atomic mass is 10.2. The minimum atomic E-state index is -0.420. The molecule has 1 aromatic heterocycles. The molecule has 2 N–H and O–H groups in total. The lowest BCUT2D eigenvalue weighted by Crippen LogP contribution is -2.08. The van der Waals surface area contributed by atoms with Gasteiger partial charge in [0.2, 0.25) is 0 Å². The van der Waals surface area contributed by atoms with E-state index in [1.165, 1.54) is 0 Å². The van der Waals surface area contributed by atoms with E-state index in [9.17, 15) is 4.79 Å². The van der Waals surface area contributed by atoms with Gasteiger partial charge in [-0.05, 0) is 26.0 Å². The Balaban J connectivity index is 2.14. The largest absolute Gasteiger partial charge is 0.488 e. The molecule has 0 saturated heterocycles. The predicted molar refractivity (Wildman–Crippen MR) is 79.0 cm³/mol. The number of hydrogen-bond acceptors (Lipinski definition) is 5. The molecule has 0 radical (unpaired) electrons. The molecule has 0 saturated carbocycles. The number of nitrogens with zero attached hydrogens (tertiary/aromatic N) is 2. The second kappa shape index (κ2) is 6.78. The van der Waals surface area contributed by atoms with Crippen molar-refractivity contribution in [1.29, 1.82) is 0 Å². The third-order valence-electron chi connectivity index (χ3n) is 2.91. The van der Waals surface area contributed by atoms with E-state index in [2.05, 4.69) is 5.10 Å². The lowest BCUT2D eigenvalue weighted by Gasteiger charge is -2.11. The van der Waals surface area contributed by atoms with Crippen LogP contribution in [0.15, 0.2) is 30.6 Å². The molecule has 21 heavy (non-hydrogen) atoms. The van der Waals surface area contributed by atoms with E-state index in [4.69, 9.17) is 15.2 Å². The summed E-state index contributed by atoms with van der Waals surface area (Å²) < 4.78 is 12.5. The number of carbonyl (C=O) groups excluding carboxylic acids is 1. The van der Waals surface area contributed by atoms with Crippen LogP contribution in [0.1, 0.15) is 29.8 Å². The number of aromatic nitrogens is 2. The first kappa shape index (κ1) is 14.9. The molecule has 1 aromatic carbocycles. The average Bonchev–Trinajstić information content (AvgIpc) is 2.93. The number of hydrogen-bond donors (Lipinski definition) is 1. The van der Waals surface area contributed by atoms with E-state index in [1.807, 2.05) is 17.8 Å². The van der Waals surface area contributed by atoms with Gasteiger partial charge in [0.1, 0.15) is 17.9 Å². The van der Waals surface area contributed by atoms with E-state index < -0.39 is 5.97 Å². The van der Waals surface area contributed by atoms with Crippen molar-refractivity contribution in [2.45, 2.75) is 27.0 Å². The Morgan fingerprint density at radius 1 is 1.38 bits per heavy atom. The summed E-state index contributed by atoms with van der Waals surface area (Å²) in [6, 6.07) is 4.88. The summed E-state index contributed by atoms with van der Waals surface area (Å²) in [5.41, 5.74) is 7.57. The van der Waals surface area contributed by atoms with E-state index in [0.717, 1.165) is 12.1 Å². The molecule has 1 heterocycles. The molecule has 0 unspecified atom stereocenters. The SMILES string of the molecule is CCOC(=O)c1ccc(N)cc1OCc1cnn(CC)c1. The lowest BCUT2D eigenvalue weighted by molar-refractivity contribution is 0.0521. The Hall–Kier alpha value is -2.50. The topological polar surface area (TPSA) is 79.4 Å². The number of nitrogen functional groups attached to an aromatic ring is 1. The summed E-state index contributed by atoms with van der Waals surface area (Å²) in [6.07, 6.45) is 3.64. The maximum absolute atomic E-state index is 11.9. The zero-order valence-electron chi connectivity index (χ0n) is 12.2. The molecule has 0 amide bonds. The number of benzene rings is 1. The van der Waals surface area contributed by atoms with E-state index >= 15 is 0 Å². The molecule has 0 bridgehead atoms. The minimum absolute atomic E-state index is 0.311. The van der Waals surface area contributed by atoms with Gasteiger partial charge in [0.05, 0.1) is 12.8 Å². The van der Waals surface area contributed by atoms with Gasteiger partial charge in [-0.2, -0.15) is 5.10 Å². The van der Waals surface area contributed by atoms with Crippen molar-refractivity contribution in [2.75, 3.05) is 12.3 Å². The number of ether oxygens (including phenoxy) is 2. The number of anilines is 1. The Kier molecular flexibility index (Phi) is 4.81. The quantitative estimate of drug-likeness (QED) is 0.651. The summed E-state index contributed by atoms with van der Waals surface area (Å²) in [5, 5.41) is 4.17. The van der Waals surface area contributed by atoms with Gasteiger partial charge in [-0.1, -0.05) is 0 Å². The standard InChI is InChI=1S/C15H19N3O3/c1-3-18-9-11(8-17-18)10-21-14-7-12(16)5-6-13(14)15(19)20-4-2/h5-9H,3-4,10,16H2,1-2H3. The van der Waals surface area contributed by atoms with Crippen molar-refractivity contribution in [1.82, 2.24) is 9.78 Å². The average molecular weight is 289 g/mol. The fourth-order valence-electron chi connectivity index (χ4n) is 1.85. The molecule has 0 aliphatic carbocycles. The van der Waals surface area contributed by atoms with Crippen LogP contribution in [0, 0.1) is 0 Å². The summed E-state index contributed by atoms with van der Waals surface area (Å²) >= 11 is 0. The summed E-state index contributed by atoms with van der Waals surface area (Å²) in [7, 11) is 0. The molecular weight excluding hydrogens is 270 g/mol. The van der Waals surface area contributed by atoms with Crippen LogP contribution in [0.2, 0.25) is 0 Å². The Labute approximate surface area is 123 Å². The summed E-state index contributed by atoms with van der Waals surface area (Å²) in [5.74, 6) is -0.00514. The van der Waals surface area contributed by atoms with Crippen LogP contribution in [-0.2, 0) is 17.9 Å². The molecule has 2 aromatic rings. The number of aryl methyl sites for hydroxylation is 1. The minimum Gasteiger partial charge on any atom is -0.488 e. The first-order chi connectivity index (χ1) is 10.1. The van der Waals surface area contributed by atoms with Crippen molar-refractivity contribution in [2.24, 2.45) is 0 Å².